The number of hydrogen-bond acceptors (Lipinski definition) is 10. The van der Waals surface area contributed by atoms with E-state index >= 15 is 0 Å². The second-order valence-corrected chi connectivity index (χ2v) is 10.6. The Balaban J connectivity index is 1.77. The van der Waals surface area contributed by atoms with Crippen molar-refractivity contribution >= 4 is 25.9 Å². The van der Waals surface area contributed by atoms with Crippen molar-refractivity contribution in [3.8, 4) is 5.75 Å². The number of nitrogens with one attached hydrogen (secondary N) is 2. The zero-order chi connectivity index (χ0) is 26.6. The van der Waals surface area contributed by atoms with Gasteiger partial charge in [-0.3, -0.25) is 23.7 Å². The van der Waals surface area contributed by atoms with Crippen LogP contribution in [0.25, 0.3) is 0 Å². The highest BCUT2D eigenvalue weighted by Gasteiger charge is 2.45. The van der Waals surface area contributed by atoms with Gasteiger partial charge in [0.1, 0.15) is 30.1 Å². The molecule has 0 bridgehead atoms. The van der Waals surface area contributed by atoms with E-state index in [0.717, 1.165) is 0 Å². The van der Waals surface area contributed by atoms with Gasteiger partial charge in [-0.2, -0.15) is 5.09 Å². The van der Waals surface area contributed by atoms with Crippen LogP contribution < -0.4 is 15.2 Å². The first-order chi connectivity index (χ1) is 16.9. The lowest BCUT2D eigenvalue weighted by Crippen LogP contribution is -2.38. The molecule has 3 rings (SSSR count). The molecule has 12 nitrogen and oxygen atoms in total. The van der Waals surface area contributed by atoms with Crippen molar-refractivity contribution < 1.29 is 38.1 Å². The van der Waals surface area contributed by atoms with Crippen molar-refractivity contribution in [2.45, 2.75) is 64.4 Å². The first-order valence-corrected chi connectivity index (χ1v) is 13.2. The van der Waals surface area contributed by atoms with Crippen molar-refractivity contribution in [2.75, 3.05) is 6.61 Å². The smallest absolute Gasteiger partial charge is 0.459 e. The quantitative estimate of drug-likeness (QED) is 0.197. The number of hydrogen-bond donors (Lipinski definition) is 4. The summed E-state index contributed by atoms with van der Waals surface area (Å²) in [6.07, 6.45) is -4.15. The molecule has 36 heavy (non-hydrogen) atoms. The van der Waals surface area contributed by atoms with E-state index in [1.807, 2.05) is 0 Å². The van der Waals surface area contributed by atoms with Crippen molar-refractivity contribution in [1.82, 2.24) is 14.6 Å². The Labute approximate surface area is 212 Å². The van der Waals surface area contributed by atoms with E-state index in [0.29, 0.717) is 5.56 Å². The molecule has 0 spiro atoms. The van der Waals surface area contributed by atoms with Crippen LogP contribution in [0.5, 0.6) is 5.75 Å². The molecule has 0 aliphatic carbocycles. The SMILES string of the molecule is Cc1cn([C@H]2O[C@@H](CO[P@@](=O)(N[C@@H](C)C(=O)OC(C)C)Oc3ccccc3)C(O)[C@H]2O)c(=S)[nH]c1=O. The van der Waals surface area contributed by atoms with Gasteiger partial charge in [-0.1, -0.05) is 18.2 Å². The zero-order valence-electron chi connectivity index (χ0n) is 20.2. The van der Waals surface area contributed by atoms with Gasteiger partial charge in [0.2, 0.25) is 0 Å². The molecule has 1 aromatic carbocycles. The standard InChI is InChI=1S/C22H30N3O9PS/c1-12(2)32-21(29)14(4)24-35(30,34-15-8-6-5-7-9-15)31-11-16-17(26)18(27)20(33-16)25-10-13(3)19(28)23-22(25)36/h5-10,12,14,16-18,20,26-27H,11H2,1-4H3,(H,24,30)(H,23,28,36)/t14-,16-,17?,18+,20-,35-/m0/s1. The Kier molecular flexibility index (Phi) is 9.23. The second kappa shape index (κ2) is 11.8. The number of aliphatic hydroxyl groups excluding tert-OH is 2. The third kappa shape index (κ3) is 6.88. The number of para-hydroxylation sites is 1. The van der Waals surface area contributed by atoms with Crippen molar-refractivity contribution in [2.24, 2.45) is 0 Å². The summed E-state index contributed by atoms with van der Waals surface area (Å²) in [4.78, 5) is 26.5. The fourth-order valence-corrected chi connectivity index (χ4v) is 5.13. The fourth-order valence-electron chi connectivity index (χ4n) is 3.38. The molecule has 198 valence electrons. The number of H-pyrrole nitrogens is 1. The summed E-state index contributed by atoms with van der Waals surface area (Å²) >= 11 is 5.15. The van der Waals surface area contributed by atoms with Crippen LogP contribution in [0.15, 0.2) is 41.3 Å². The normalized spacial score (nSPS) is 24.3. The molecule has 1 saturated heterocycles. The molecular weight excluding hydrogens is 513 g/mol. The van der Waals surface area contributed by atoms with Gasteiger partial charge in [-0.25, -0.2) is 4.57 Å². The minimum Gasteiger partial charge on any atom is -0.462 e. The summed E-state index contributed by atoms with van der Waals surface area (Å²) in [5.41, 5.74) is -0.0693. The zero-order valence-corrected chi connectivity index (χ0v) is 21.9. The molecular formula is C22H30N3O9PS. The second-order valence-electron chi connectivity index (χ2n) is 8.56. The lowest BCUT2D eigenvalue weighted by atomic mass is 10.1. The van der Waals surface area contributed by atoms with Crippen LogP contribution in [0.2, 0.25) is 0 Å². The van der Waals surface area contributed by atoms with E-state index in [-0.39, 0.29) is 22.2 Å². The van der Waals surface area contributed by atoms with Crippen LogP contribution in [-0.4, -0.2) is 62.8 Å². The maximum absolute atomic E-state index is 13.6. The van der Waals surface area contributed by atoms with E-state index in [2.05, 4.69) is 10.1 Å². The van der Waals surface area contributed by atoms with Gasteiger partial charge in [0, 0.05) is 11.8 Å². The number of aromatic amines is 1. The molecule has 0 amide bonds. The number of nitrogens with zero attached hydrogens (tertiary/aromatic N) is 1. The largest absolute Gasteiger partial charge is 0.462 e. The topological polar surface area (TPSA) is 161 Å². The maximum atomic E-state index is 13.6. The van der Waals surface area contributed by atoms with Crippen LogP contribution >= 0.6 is 20.0 Å². The number of aliphatic hydroxyl groups is 2. The highest BCUT2D eigenvalue weighted by Crippen LogP contribution is 2.46. The van der Waals surface area contributed by atoms with E-state index in [1.54, 1.807) is 51.1 Å². The predicted octanol–water partition coefficient (Wildman–Crippen LogP) is 1.97. The van der Waals surface area contributed by atoms with Crippen molar-refractivity contribution in [3.63, 3.8) is 0 Å². The Bertz CT molecular complexity index is 1220. The molecule has 4 N–H and O–H groups in total. The minimum atomic E-state index is -4.21. The number of carbonyl (C=O) groups is 1. The number of ether oxygens (including phenoxy) is 2. The van der Waals surface area contributed by atoms with Crippen molar-refractivity contribution in [3.05, 3.63) is 57.2 Å². The molecule has 1 aliphatic rings. The maximum Gasteiger partial charge on any atom is 0.459 e. The minimum absolute atomic E-state index is 0.0133. The van der Waals surface area contributed by atoms with Crippen LogP contribution in [0, 0.1) is 11.7 Å². The number of rotatable bonds is 10. The van der Waals surface area contributed by atoms with Crippen LogP contribution in [0.3, 0.4) is 0 Å². The molecule has 1 aromatic heterocycles. The monoisotopic (exact) mass is 543 g/mol. The van der Waals surface area contributed by atoms with Gasteiger partial charge >= 0.3 is 13.7 Å². The van der Waals surface area contributed by atoms with Gasteiger partial charge in [0.05, 0.1) is 12.7 Å². The summed E-state index contributed by atoms with van der Waals surface area (Å²) in [5.74, 6) is -0.459. The average Bonchev–Trinajstić information content (AvgIpc) is 3.08. The molecule has 1 unspecified atom stereocenters. The van der Waals surface area contributed by atoms with E-state index < -0.39 is 50.9 Å². The highest BCUT2D eigenvalue weighted by molar-refractivity contribution is 7.71. The lowest BCUT2D eigenvalue weighted by Gasteiger charge is -2.25. The number of esters is 1. The lowest BCUT2D eigenvalue weighted by molar-refractivity contribution is -0.149. The highest BCUT2D eigenvalue weighted by atomic mass is 32.1. The van der Waals surface area contributed by atoms with E-state index in [9.17, 15) is 24.4 Å². The number of aryl methyl sites for hydroxylation is 1. The summed E-state index contributed by atoms with van der Waals surface area (Å²) in [5, 5.41) is 23.7. The van der Waals surface area contributed by atoms with E-state index in [1.165, 1.54) is 17.7 Å². The molecule has 2 aromatic rings. The molecule has 14 heteroatoms. The predicted molar refractivity (Wildman–Crippen MR) is 131 cm³/mol. The number of benzene rings is 1. The fraction of sp³-hybridized carbons (Fsp3) is 0.500. The first-order valence-electron chi connectivity index (χ1n) is 11.2. The Hall–Kier alpha value is -2.38. The molecule has 6 atom stereocenters. The summed E-state index contributed by atoms with van der Waals surface area (Å²) in [6, 6.07) is 7.11. The van der Waals surface area contributed by atoms with Gasteiger partial charge < -0.3 is 24.2 Å². The Morgan fingerprint density at radius 1 is 1.25 bits per heavy atom. The van der Waals surface area contributed by atoms with Crippen LogP contribution in [0.1, 0.15) is 32.6 Å². The molecule has 1 aliphatic heterocycles. The van der Waals surface area contributed by atoms with E-state index in [4.69, 9.17) is 30.7 Å². The van der Waals surface area contributed by atoms with Gasteiger partial charge in [-0.15, -0.1) is 0 Å². The summed E-state index contributed by atoms with van der Waals surface area (Å²) < 4.78 is 36.9. The number of carbonyl (C=O) groups excluding carboxylic acids is 1. The number of aromatic nitrogens is 2. The summed E-state index contributed by atoms with van der Waals surface area (Å²) in [7, 11) is -4.21. The average molecular weight is 544 g/mol. The first kappa shape index (κ1) is 28.2. The summed E-state index contributed by atoms with van der Waals surface area (Å²) in [6.45, 7) is 5.87. The van der Waals surface area contributed by atoms with Crippen molar-refractivity contribution in [1.29, 1.82) is 0 Å². The van der Waals surface area contributed by atoms with Crippen LogP contribution in [0.4, 0.5) is 0 Å². The third-order valence-corrected chi connectivity index (χ3v) is 7.15. The van der Waals surface area contributed by atoms with Gasteiger partial charge in [-0.05, 0) is 52.0 Å². The molecule has 2 heterocycles. The Morgan fingerprint density at radius 2 is 1.92 bits per heavy atom. The molecule has 1 fully saturated rings. The Morgan fingerprint density at radius 3 is 2.56 bits per heavy atom. The third-order valence-electron chi connectivity index (χ3n) is 5.19. The molecule has 0 radical (unpaired) electrons. The molecule has 0 saturated carbocycles. The van der Waals surface area contributed by atoms with Gasteiger partial charge in [0.25, 0.3) is 5.56 Å². The van der Waals surface area contributed by atoms with Crippen LogP contribution in [-0.2, 0) is 23.4 Å². The van der Waals surface area contributed by atoms with Gasteiger partial charge in [0.15, 0.2) is 11.0 Å².